The van der Waals surface area contributed by atoms with E-state index in [4.69, 9.17) is 13.9 Å². The fourth-order valence-electron chi connectivity index (χ4n) is 0.935. The van der Waals surface area contributed by atoms with Gasteiger partial charge in [0.25, 0.3) is 0 Å². The highest BCUT2D eigenvalue weighted by Crippen LogP contribution is 2.18. The third-order valence-corrected chi connectivity index (χ3v) is 2.22. The van der Waals surface area contributed by atoms with Crippen LogP contribution in [-0.4, -0.2) is 25.3 Å². The molecule has 0 radical (unpaired) electrons. The number of carbonyl (C=O) groups is 1. The number of halogens is 1. The third kappa shape index (κ3) is 4.05. The molecule has 0 spiro atoms. The zero-order valence-corrected chi connectivity index (χ0v) is 10.2. The fraction of sp³-hybridized carbons (Fsp3) is 0.500. The van der Waals surface area contributed by atoms with Crippen molar-refractivity contribution >= 4 is 21.9 Å². The van der Waals surface area contributed by atoms with Crippen LogP contribution in [0.2, 0.25) is 0 Å². The monoisotopic (exact) mass is 276 g/mol. The molecular formula is C10H13BrO4. The molecule has 0 aliphatic rings. The SMILES string of the molecule is CC(C)OCCOC(=O)c1ccoc1Br. The molecule has 0 saturated carbocycles. The Balaban J connectivity index is 2.28. The second-order valence-corrected chi connectivity index (χ2v) is 3.88. The third-order valence-electron chi connectivity index (χ3n) is 1.61. The summed E-state index contributed by atoms with van der Waals surface area (Å²) in [6.07, 6.45) is 1.56. The second-order valence-electron chi connectivity index (χ2n) is 3.16. The maximum atomic E-state index is 11.4. The molecule has 1 aromatic heterocycles. The van der Waals surface area contributed by atoms with E-state index in [2.05, 4.69) is 15.9 Å². The number of rotatable bonds is 5. The van der Waals surface area contributed by atoms with Gasteiger partial charge in [0, 0.05) is 0 Å². The van der Waals surface area contributed by atoms with Crippen molar-refractivity contribution in [3.8, 4) is 0 Å². The summed E-state index contributed by atoms with van der Waals surface area (Å²) in [5.74, 6) is -0.414. The van der Waals surface area contributed by atoms with Crippen LogP contribution in [0.15, 0.2) is 21.4 Å². The average molecular weight is 277 g/mol. The minimum atomic E-state index is -0.414. The summed E-state index contributed by atoms with van der Waals surface area (Å²) in [6, 6.07) is 1.55. The van der Waals surface area contributed by atoms with Gasteiger partial charge in [-0.2, -0.15) is 0 Å². The first kappa shape index (κ1) is 12.3. The van der Waals surface area contributed by atoms with Crippen LogP contribution in [0, 0.1) is 0 Å². The van der Waals surface area contributed by atoms with E-state index < -0.39 is 5.97 Å². The van der Waals surface area contributed by atoms with Gasteiger partial charge in [-0.1, -0.05) is 0 Å². The van der Waals surface area contributed by atoms with Gasteiger partial charge in [0.15, 0.2) is 4.67 Å². The topological polar surface area (TPSA) is 48.7 Å². The smallest absolute Gasteiger partial charge is 0.342 e. The molecule has 1 heterocycles. The first-order chi connectivity index (χ1) is 7.11. The Bertz CT molecular complexity index is 319. The van der Waals surface area contributed by atoms with Crippen LogP contribution < -0.4 is 0 Å². The normalized spacial score (nSPS) is 10.7. The number of esters is 1. The van der Waals surface area contributed by atoms with Crippen molar-refractivity contribution in [3.05, 3.63) is 22.6 Å². The van der Waals surface area contributed by atoms with Crippen LogP contribution in [0.1, 0.15) is 24.2 Å². The van der Waals surface area contributed by atoms with E-state index in [0.29, 0.717) is 16.8 Å². The van der Waals surface area contributed by atoms with Gasteiger partial charge in [0.05, 0.1) is 19.0 Å². The van der Waals surface area contributed by atoms with Gasteiger partial charge in [-0.25, -0.2) is 4.79 Å². The molecule has 0 aliphatic carbocycles. The number of hydrogen-bond donors (Lipinski definition) is 0. The van der Waals surface area contributed by atoms with Gasteiger partial charge in [-0.15, -0.1) is 0 Å². The summed E-state index contributed by atoms with van der Waals surface area (Å²) >= 11 is 3.10. The maximum absolute atomic E-state index is 11.4. The molecule has 1 rings (SSSR count). The van der Waals surface area contributed by atoms with E-state index in [1.54, 1.807) is 6.07 Å². The van der Waals surface area contributed by atoms with E-state index in [-0.39, 0.29) is 12.7 Å². The predicted octanol–water partition coefficient (Wildman–Crippen LogP) is 2.62. The molecule has 0 atom stereocenters. The van der Waals surface area contributed by atoms with Gasteiger partial charge >= 0.3 is 5.97 Å². The highest BCUT2D eigenvalue weighted by molar-refractivity contribution is 9.10. The Morgan fingerprint density at radius 1 is 1.53 bits per heavy atom. The molecule has 5 heteroatoms. The summed E-state index contributed by atoms with van der Waals surface area (Å²) in [6.45, 7) is 4.50. The first-order valence-electron chi connectivity index (χ1n) is 4.63. The molecule has 4 nitrogen and oxygen atoms in total. The molecule has 0 aromatic carbocycles. The van der Waals surface area contributed by atoms with Crippen molar-refractivity contribution in [1.82, 2.24) is 0 Å². The molecule has 15 heavy (non-hydrogen) atoms. The van der Waals surface area contributed by atoms with E-state index in [0.717, 1.165) is 0 Å². The Labute approximate surface area is 96.7 Å². The number of hydrogen-bond acceptors (Lipinski definition) is 4. The molecule has 0 bridgehead atoms. The summed E-state index contributed by atoms with van der Waals surface area (Å²) in [4.78, 5) is 11.4. The fourth-order valence-corrected chi connectivity index (χ4v) is 1.34. The lowest BCUT2D eigenvalue weighted by molar-refractivity contribution is 0.0175. The molecule has 0 aliphatic heterocycles. The van der Waals surface area contributed by atoms with Crippen molar-refractivity contribution in [3.63, 3.8) is 0 Å². The van der Waals surface area contributed by atoms with Gasteiger partial charge in [-0.3, -0.25) is 0 Å². The highest BCUT2D eigenvalue weighted by atomic mass is 79.9. The summed E-state index contributed by atoms with van der Waals surface area (Å²) in [7, 11) is 0. The standard InChI is InChI=1S/C10H13BrO4/c1-7(2)13-5-6-15-10(12)8-3-4-14-9(8)11/h3-4,7H,5-6H2,1-2H3. The number of ether oxygens (including phenoxy) is 2. The van der Waals surface area contributed by atoms with Gasteiger partial charge in [0.1, 0.15) is 12.2 Å². The lowest BCUT2D eigenvalue weighted by atomic mass is 10.3. The van der Waals surface area contributed by atoms with Crippen molar-refractivity contribution in [2.45, 2.75) is 20.0 Å². The maximum Gasteiger partial charge on any atom is 0.342 e. The van der Waals surface area contributed by atoms with Gasteiger partial charge < -0.3 is 13.9 Å². The summed E-state index contributed by atoms with van der Waals surface area (Å²) in [5, 5.41) is 0. The van der Waals surface area contributed by atoms with Crippen LogP contribution in [-0.2, 0) is 9.47 Å². The quantitative estimate of drug-likeness (QED) is 0.613. The molecule has 0 amide bonds. The van der Waals surface area contributed by atoms with Gasteiger partial charge in [0.2, 0.25) is 0 Å². The summed E-state index contributed by atoms with van der Waals surface area (Å²) < 4.78 is 15.5. The van der Waals surface area contributed by atoms with E-state index in [1.165, 1.54) is 6.26 Å². The second kappa shape index (κ2) is 5.92. The Morgan fingerprint density at radius 3 is 2.80 bits per heavy atom. The highest BCUT2D eigenvalue weighted by Gasteiger charge is 2.13. The van der Waals surface area contributed by atoms with E-state index >= 15 is 0 Å². The molecule has 84 valence electrons. The minimum absolute atomic E-state index is 0.143. The lowest BCUT2D eigenvalue weighted by Gasteiger charge is -2.07. The Kier molecular flexibility index (Phi) is 4.84. The molecular weight excluding hydrogens is 264 g/mol. The largest absolute Gasteiger partial charge is 0.460 e. The molecule has 0 fully saturated rings. The minimum Gasteiger partial charge on any atom is -0.460 e. The zero-order chi connectivity index (χ0) is 11.3. The van der Waals surface area contributed by atoms with Crippen LogP contribution in [0.4, 0.5) is 0 Å². The average Bonchev–Trinajstić information content (AvgIpc) is 2.58. The number of furan rings is 1. The number of carbonyl (C=O) groups excluding carboxylic acids is 1. The predicted molar refractivity (Wildman–Crippen MR) is 57.8 cm³/mol. The van der Waals surface area contributed by atoms with Crippen LogP contribution >= 0.6 is 15.9 Å². The van der Waals surface area contributed by atoms with Crippen molar-refractivity contribution < 1.29 is 18.7 Å². The Hall–Kier alpha value is -0.810. The van der Waals surface area contributed by atoms with Crippen LogP contribution in [0.3, 0.4) is 0 Å². The molecule has 0 unspecified atom stereocenters. The van der Waals surface area contributed by atoms with E-state index in [1.807, 2.05) is 13.8 Å². The van der Waals surface area contributed by atoms with Crippen molar-refractivity contribution in [1.29, 1.82) is 0 Å². The van der Waals surface area contributed by atoms with Gasteiger partial charge in [-0.05, 0) is 35.8 Å². The van der Waals surface area contributed by atoms with Crippen LogP contribution in [0.25, 0.3) is 0 Å². The van der Waals surface area contributed by atoms with Crippen molar-refractivity contribution in [2.75, 3.05) is 13.2 Å². The summed E-state index contributed by atoms with van der Waals surface area (Å²) in [5.41, 5.74) is 0.388. The molecule has 1 aromatic rings. The van der Waals surface area contributed by atoms with Crippen molar-refractivity contribution in [2.24, 2.45) is 0 Å². The molecule has 0 saturated heterocycles. The molecule has 0 N–H and O–H groups in total. The lowest BCUT2D eigenvalue weighted by Crippen LogP contribution is -2.13. The zero-order valence-electron chi connectivity index (χ0n) is 8.66. The van der Waals surface area contributed by atoms with E-state index in [9.17, 15) is 4.79 Å². The van der Waals surface area contributed by atoms with Crippen LogP contribution in [0.5, 0.6) is 0 Å². The first-order valence-corrected chi connectivity index (χ1v) is 5.42. The Morgan fingerprint density at radius 2 is 2.27 bits per heavy atom.